The van der Waals surface area contributed by atoms with Gasteiger partial charge in [0.1, 0.15) is 0 Å². The average Bonchev–Trinajstić information content (AvgIpc) is 2.43. The summed E-state index contributed by atoms with van der Waals surface area (Å²) in [6.07, 6.45) is 10.7. The molecule has 21 heavy (non-hydrogen) atoms. The second-order valence-electron chi connectivity index (χ2n) is 5.93. The van der Waals surface area contributed by atoms with Crippen molar-refractivity contribution in [3.8, 4) is 0 Å². The highest BCUT2D eigenvalue weighted by Crippen LogP contribution is 2.28. The molecule has 1 aliphatic rings. The first-order valence-electron chi connectivity index (χ1n) is 7.86. The van der Waals surface area contributed by atoms with E-state index in [1.54, 1.807) is 0 Å². The molecule has 0 bridgehead atoms. The minimum absolute atomic E-state index is 0.0778. The minimum Gasteiger partial charge on any atom is -0.350 e. The zero-order valence-corrected chi connectivity index (χ0v) is 13.5. The van der Waals surface area contributed by atoms with Gasteiger partial charge in [0.15, 0.2) is 0 Å². The Morgan fingerprint density at radius 1 is 1.19 bits per heavy atom. The minimum atomic E-state index is -3.31. The van der Waals surface area contributed by atoms with Gasteiger partial charge in [-0.25, -0.2) is 13.6 Å². The van der Waals surface area contributed by atoms with E-state index < -0.39 is 10.0 Å². The van der Waals surface area contributed by atoms with E-state index in [2.05, 4.69) is 11.9 Å². The summed E-state index contributed by atoms with van der Waals surface area (Å²) < 4.78 is 21.6. The Hall–Kier alpha value is -0.880. The third kappa shape index (κ3) is 8.21. The molecule has 1 aliphatic carbocycles. The van der Waals surface area contributed by atoms with Crippen molar-refractivity contribution in [2.75, 3.05) is 5.75 Å². The smallest absolute Gasteiger partial charge is 0.243 e. The molecule has 1 saturated carbocycles. The Kier molecular flexibility index (Phi) is 7.96. The summed E-state index contributed by atoms with van der Waals surface area (Å²) in [6, 6.07) is 0.272. The molecule has 0 heterocycles. The molecule has 0 aromatic rings. The summed E-state index contributed by atoms with van der Waals surface area (Å²) in [5.41, 5.74) is 0. The lowest BCUT2D eigenvalue weighted by molar-refractivity contribution is -0.117. The maximum atomic E-state index is 11.4. The van der Waals surface area contributed by atoms with Gasteiger partial charge in [0.25, 0.3) is 0 Å². The maximum absolute atomic E-state index is 11.4. The quantitative estimate of drug-likeness (QED) is 0.504. The van der Waals surface area contributed by atoms with Crippen molar-refractivity contribution >= 4 is 15.9 Å². The Labute approximate surface area is 128 Å². The number of sulfonamides is 1. The molecule has 1 rings (SSSR count). The second-order valence-corrected chi connectivity index (χ2v) is 7.67. The largest absolute Gasteiger partial charge is 0.350 e. The molecule has 1 fully saturated rings. The lowest BCUT2D eigenvalue weighted by Gasteiger charge is -2.32. The molecular formula is C15H28N2O3S. The third-order valence-electron chi connectivity index (χ3n) is 4.18. The van der Waals surface area contributed by atoms with Crippen LogP contribution in [0.4, 0.5) is 0 Å². The van der Waals surface area contributed by atoms with Crippen LogP contribution >= 0.6 is 0 Å². The number of amides is 1. The highest BCUT2D eigenvalue weighted by atomic mass is 32.2. The van der Waals surface area contributed by atoms with Crippen LogP contribution in [0.1, 0.15) is 57.8 Å². The van der Waals surface area contributed by atoms with Crippen LogP contribution in [0.5, 0.6) is 0 Å². The van der Waals surface area contributed by atoms with Crippen molar-refractivity contribution < 1.29 is 13.2 Å². The summed E-state index contributed by atoms with van der Waals surface area (Å²) in [5.74, 6) is 0.537. The molecule has 2 unspecified atom stereocenters. The van der Waals surface area contributed by atoms with Gasteiger partial charge >= 0.3 is 0 Å². The zero-order chi connectivity index (χ0) is 15.7. The number of hydrogen-bond acceptors (Lipinski definition) is 3. The van der Waals surface area contributed by atoms with Crippen LogP contribution in [-0.4, -0.2) is 26.1 Å². The SMILES string of the molecule is C=CC(=O)NC1CCCCC1CCCCCCS(N)(=O)=O. The highest BCUT2D eigenvalue weighted by molar-refractivity contribution is 7.89. The Balaban J connectivity index is 2.22. The van der Waals surface area contributed by atoms with Gasteiger partial charge in [-0.1, -0.05) is 38.7 Å². The van der Waals surface area contributed by atoms with Crippen molar-refractivity contribution in [2.24, 2.45) is 11.1 Å². The predicted octanol–water partition coefficient (Wildman–Crippen LogP) is 2.09. The van der Waals surface area contributed by atoms with Crippen molar-refractivity contribution in [2.45, 2.75) is 63.8 Å². The molecule has 6 heteroatoms. The molecular weight excluding hydrogens is 288 g/mol. The standard InChI is InChI=1S/C15H28N2O3S/c1-2-15(18)17-14-11-7-6-10-13(14)9-5-3-4-8-12-21(16,19)20/h2,13-14H,1,3-12H2,(H,17,18)(H2,16,19,20). The van der Waals surface area contributed by atoms with Crippen LogP contribution in [0.3, 0.4) is 0 Å². The number of primary sulfonamides is 1. The first-order chi connectivity index (χ1) is 9.92. The zero-order valence-electron chi connectivity index (χ0n) is 12.7. The molecule has 0 aromatic heterocycles. The van der Waals surface area contributed by atoms with Crippen LogP contribution in [0.2, 0.25) is 0 Å². The molecule has 0 spiro atoms. The van der Waals surface area contributed by atoms with Crippen LogP contribution in [0, 0.1) is 5.92 Å². The van der Waals surface area contributed by atoms with E-state index in [4.69, 9.17) is 5.14 Å². The van der Waals surface area contributed by atoms with Gasteiger partial charge in [-0.3, -0.25) is 4.79 Å². The Morgan fingerprint density at radius 2 is 1.86 bits per heavy atom. The fourth-order valence-electron chi connectivity index (χ4n) is 3.05. The van der Waals surface area contributed by atoms with Crippen LogP contribution in [0.25, 0.3) is 0 Å². The molecule has 3 N–H and O–H groups in total. The van der Waals surface area contributed by atoms with Crippen LogP contribution < -0.4 is 10.5 Å². The molecule has 122 valence electrons. The monoisotopic (exact) mass is 316 g/mol. The number of nitrogens with two attached hydrogens (primary N) is 1. The van der Waals surface area contributed by atoms with Gasteiger partial charge in [0.05, 0.1) is 5.75 Å². The number of carbonyl (C=O) groups excluding carboxylic acids is 1. The fraction of sp³-hybridized carbons (Fsp3) is 0.800. The van der Waals surface area contributed by atoms with Crippen LogP contribution in [0.15, 0.2) is 12.7 Å². The normalized spacial score (nSPS) is 22.7. The number of hydrogen-bond donors (Lipinski definition) is 2. The molecule has 5 nitrogen and oxygen atoms in total. The van der Waals surface area contributed by atoms with Crippen molar-refractivity contribution in [1.29, 1.82) is 0 Å². The summed E-state index contributed by atoms with van der Waals surface area (Å²) in [5, 5.41) is 8.01. The molecule has 1 amide bonds. The summed E-state index contributed by atoms with van der Waals surface area (Å²) in [4.78, 5) is 11.4. The van der Waals surface area contributed by atoms with E-state index in [1.165, 1.54) is 25.3 Å². The van der Waals surface area contributed by atoms with E-state index >= 15 is 0 Å². The first-order valence-corrected chi connectivity index (χ1v) is 9.57. The molecule has 0 aliphatic heterocycles. The van der Waals surface area contributed by atoms with Gasteiger partial charge in [-0.05, 0) is 37.7 Å². The van der Waals surface area contributed by atoms with E-state index in [-0.39, 0.29) is 17.7 Å². The predicted molar refractivity (Wildman–Crippen MR) is 85.1 cm³/mol. The lowest BCUT2D eigenvalue weighted by Crippen LogP contribution is -2.41. The first kappa shape index (κ1) is 18.2. The number of nitrogens with one attached hydrogen (secondary N) is 1. The molecule has 0 aromatic carbocycles. The van der Waals surface area contributed by atoms with Gasteiger partial charge < -0.3 is 5.32 Å². The average molecular weight is 316 g/mol. The van der Waals surface area contributed by atoms with Crippen molar-refractivity contribution in [3.63, 3.8) is 0 Å². The lowest BCUT2D eigenvalue weighted by atomic mass is 9.81. The fourth-order valence-corrected chi connectivity index (χ4v) is 3.65. The molecule has 2 atom stereocenters. The van der Waals surface area contributed by atoms with Crippen molar-refractivity contribution in [1.82, 2.24) is 5.32 Å². The van der Waals surface area contributed by atoms with E-state index in [0.717, 1.165) is 32.1 Å². The van der Waals surface area contributed by atoms with Crippen LogP contribution in [-0.2, 0) is 14.8 Å². The summed E-state index contributed by atoms with van der Waals surface area (Å²) >= 11 is 0. The van der Waals surface area contributed by atoms with Gasteiger partial charge in [0, 0.05) is 6.04 Å². The summed E-state index contributed by atoms with van der Waals surface area (Å²) in [7, 11) is -3.31. The van der Waals surface area contributed by atoms with Gasteiger partial charge in [0.2, 0.25) is 15.9 Å². The maximum Gasteiger partial charge on any atom is 0.243 e. The van der Waals surface area contributed by atoms with E-state index in [1.807, 2.05) is 0 Å². The number of unbranched alkanes of at least 4 members (excludes halogenated alkanes) is 3. The van der Waals surface area contributed by atoms with Gasteiger partial charge in [-0.15, -0.1) is 0 Å². The van der Waals surface area contributed by atoms with Gasteiger partial charge in [-0.2, -0.15) is 0 Å². The van der Waals surface area contributed by atoms with E-state index in [9.17, 15) is 13.2 Å². The second kappa shape index (κ2) is 9.20. The molecule has 0 saturated heterocycles. The summed E-state index contributed by atoms with van der Waals surface area (Å²) in [6.45, 7) is 3.50. The van der Waals surface area contributed by atoms with E-state index in [0.29, 0.717) is 12.3 Å². The molecule has 0 radical (unpaired) electrons. The van der Waals surface area contributed by atoms with Crippen molar-refractivity contribution in [3.05, 3.63) is 12.7 Å². The Bertz CT molecular complexity index is 434. The third-order valence-corrected chi connectivity index (χ3v) is 5.03. The number of carbonyl (C=O) groups is 1. The highest BCUT2D eigenvalue weighted by Gasteiger charge is 2.25. The topological polar surface area (TPSA) is 89.3 Å². The number of rotatable bonds is 9. The Morgan fingerprint density at radius 3 is 2.52 bits per heavy atom.